The van der Waals surface area contributed by atoms with Crippen molar-refractivity contribution in [2.45, 2.75) is 169 Å². The fourth-order valence-corrected chi connectivity index (χ4v) is 8.80. The van der Waals surface area contributed by atoms with Crippen LogP contribution in [0.3, 0.4) is 0 Å². The van der Waals surface area contributed by atoms with Gasteiger partial charge in [0.2, 0.25) is 0 Å². The van der Waals surface area contributed by atoms with Gasteiger partial charge < -0.3 is 19.7 Å². The van der Waals surface area contributed by atoms with Crippen LogP contribution in [0.5, 0.6) is 23.0 Å². The number of fused-ring (bicyclic) bond motifs is 2. The lowest BCUT2D eigenvalue weighted by Gasteiger charge is -2.28. The van der Waals surface area contributed by atoms with Gasteiger partial charge in [-0.1, -0.05) is 132 Å². The van der Waals surface area contributed by atoms with E-state index in [1.807, 2.05) is 0 Å². The molecule has 1 aliphatic heterocycles. The zero-order valence-electron chi connectivity index (χ0n) is 39.2. The Hall–Kier alpha value is -4.94. The number of nitrogens with zero attached hydrogens (tertiary/aromatic N) is 2. The third-order valence-corrected chi connectivity index (χ3v) is 12.9. The maximum atomic E-state index is 12.5. The monoisotopic (exact) mass is 823 g/mol. The first-order chi connectivity index (χ1) is 28.4. The molecule has 0 aromatic heterocycles. The molecule has 2 N–H and O–H groups in total. The minimum atomic E-state index is -1.06. The van der Waals surface area contributed by atoms with Crippen LogP contribution in [0, 0.1) is 28.1 Å². The number of phenols is 2. The number of phenolic OH excluding ortho intramolecular Hbond substituents is 2. The van der Waals surface area contributed by atoms with Crippen LogP contribution in [0.1, 0.15) is 188 Å². The zero-order valence-corrected chi connectivity index (χ0v) is 39.2. The zero-order chi connectivity index (χ0) is 44.7. The summed E-state index contributed by atoms with van der Waals surface area (Å²) >= 11 is 0. The average Bonchev–Trinajstić information content (AvgIpc) is 3.15. The van der Waals surface area contributed by atoms with E-state index in [2.05, 4.69) is 144 Å². The number of rotatable bonds is 0. The van der Waals surface area contributed by atoms with E-state index in [9.17, 15) is 20.7 Å². The number of hydrogen-bond acceptors (Lipinski definition) is 6. The van der Waals surface area contributed by atoms with Crippen LogP contribution in [-0.2, 0) is 47.3 Å². The minimum absolute atomic E-state index is 0.186. The van der Waals surface area contributed by atoms with Gasteiger partial charge >= 0.3 is 0 Å². The molecule has 0 saturated carbocycles. The van der Waals surface area contributed by atoms with Gasteiger partial charge in [-0.2, -0.15) is 10.5 Å². The highest BCUT2D eigenvalue weighted by Gasteiger charge is 2.31. The highest BCUT2D eigenvalue weighted by atomic mass is 16.5. The number of benzene rings is 4. The number of hydrogen-bond donors (Lipinski definition) is 2. The van der Waals surface area contributed by atoms with E-state index in [-0.39, 0.29) is 21.7 Å². The van der Waals surface area contributed by atoms with Gasteiger partial charge in [-0.15, -0.1) is 0 Å². The second-order valence-electron chi connectivity index (χ2n) is 22.2. The van der Waals surface area contributed by atoms with Crippen LogP contribution < -0.4 is 9.47 Å². The molecule has 324 valence electrons. The number of aromatic hydroxyl groups is 2. The molecule has 6 rings (SSSR count). The molecular formula is C55H70N2O4. The SMILES string of the molecule is CC(C)(C)c1cc2c(O)c(c1)Cc1cc(C(C)(C)C)cc3c1OCCCCC(C#N)(C#N)CCCCOc1c(cc(C(C)(C)C)cc1Cc1cc(C(C)(C)C)cc(c1O)C3)C2. The fraction of sp³-hybridized carbons (Fsp3) is 0.527. The summed E-state index contributed by atoms with van der Waals surface area (Å²) in [5.41, 5.74) is 10.0. The first-order valence-electron chi connectivity index (χ1n) is 22.5. The molecule has 61 heavy (non-hydrogen) atoms. The summed E-state index contributed by atoms with van der Waals surface area (Å²) in [5.74, 6) is 2.11. The highest BCUT2D eigenvalue weighted by Crippen LogP contribution is 2.44. The fourth-order valence-electron chi connectivity index (χ4n) is 8.80. The van der Waals surface area contributed by atoms with E-state index in [4.69, 9.17) is 9.47 Å². The van der Waals surface area contributed by atoms with E-state index in [1.54, 1.807) is 0 Å². The van der Waals surface area contributed by atoms with Gasteiger partial charge in [-0.3, -0.25) is 0 Å². The van der Waals surface area contributed by atoms with E-state index >= 15 is 0 Å². The lowest BCUT2D eigenvalue weighted by atomic mass is 9.79. The molecule has 4 aromatic rings. The van der Waals surface area contributed by atoms with Crippen molar-refractivity contribution in [2.24, 2.45) is 5.41 Å². The first kappa shape index (κ1) is 45.6. The van der Waals surface area contributed by atoms with Gasteiger partial charge in [-0.05, 0) is 127 Å². The molecule has 6 heteroatoms. The third-order valence-electron chi connectivity index (χ3n) is 12.9. The van der Waals surface area contributed by atoms with E-state index < -0.39 is 5.41 Å². The Bertz CT molecular complexity index is 2100. The normalized spacial score (nSPS) is 16.6. The molecule has 1 aliphatic carbocycles. The molecule has 10 bridgehead atoms. The van der Waals surface area contributed by atoms with E-state index in [0.717, 1.165) is 78.3 Å². The van der Waals surface area contributed by atoms with Crippen molar-refractivity contribution in [3.05, 3.63) is 115 Å². The highest BCUT2D eigenvalue weighted by molar-refractivity contribution is 5.59. The van der Waals surface area contributed by atoms with Crippen molar-refractivity contribution in [3.8, 4) is 35.1 Å². The Morgan fingerprint density at radius 1 is 0.426 bits per heavy atom. The van der Waals surface area contributed by atoms with Gasteiger partial charge in [0.15, 0.2) is 0 Å². The summed E-state index contributed by atoms with van der Waals surface area (Å²) in [4.78, 5) is 0. The maximum Gasteiger partial charge on any atom is 0.143 e. The van der Waals surface area contributed by atoms with Gasteiger partial charge in [-0.25, -0.2) is 0 Å². The third kappa shape index (κ3) is 10.2. The Morgan fingerprint density at radius 3 is 0.902 bits per heavy atom. The Morgan fingerprint density at radius 2 is 0.672 bits per heavy atom. The molecule has 0 spiro atoms. The van der Waals surface area contributed by atoms with Crippen LogP contribution in [0.15, 0.2) is 48.5 Å². The largest absolute Gasteiger partial charge is 0.507 e. The molecule has 4 aromatic carbocycles. The summed E-state index contributed by atoms with van der Waals surface area (Å²) < 4.78 is 13.8. The molecule has 1 heterocycles. The molecule has 0 unspecified atom stereocenters. The predicted molar refractivity (Wildman–Crippen MR) is 247 cm³/mol. The molecular weight excluding hydrogens is 753 g/mol. The number of nitriles is 2. The van der Waals surface area contributed by atoms with Gasteiger partial charge in [0.05, 0.1) is 25.4 Å². The van der Waals surface area contributed by atoms with Crippen LogP contribution in [-0.4, -0.2) is 23.4 Å². The quantitative estimate of drug-likeness (QED) is 0.161. The van der Waals surface area contributed by atoms with Crippen LogP contribution in [0.4, 0.5) is 0 Å². The van der Waals surface area contributed by atoms with Crippen LogP contribution in [0.25, 0.3) is 0 Å². The molecule has 0 radical (unpaired) electrons. The molecule has 0 amide bonds. The summed E-state index contributed by atoms with van der Waals surface area (Å²) in [6, 6.07) is 22.4. The second kappa shape index (κ2) is 17.1. The summed E-state index contributed by atoms with van der Waals surface area (Å²) in [7, 11) is 0. The van der Waals surface area contributed by atoms with Gasteiger partial charge in [0.25, 0.3) is 0 Å². The van der Waals surface area contributed by atoms with Crippen LogP contribution in [0.2, 0.25) is 0 Å². The van der Waals surface area contributed by atoms with Crippen molar-refractivity contribution in [1.82, 2.24) is 0 Å². The predicted octanol–water partition coefficient (Wildman–Crippen LogP) is 13.1. The Balaban J connectivity index is 1.74. The van der Waals surface area contributed by atoms with Crippen molar-refractivity contribution in [3.63, 3.8) is 0 Å². The molecule has 6 nitrogen and oxygen atoms in total. The lowest BCUT2D eigenvalue weighted by molar-refractivity contribution is 0.279. The molecule has 2 aliphatic rings. The van der Waals surface area contributed by atoms with Crippen molar-refractivity contribution in [1.29, 1.82) is 10.5 Å². The lowest BCUT2D eigenvalue weighted by Crippen LogP contribution is -2.18. The smallest absolute Gasteiger partial charge is 0.143 e. The Labute approximate surface area is 367 Å². The van der Waals surface area contributed by atoms with Gasteiger partial charge in [0.1, 0.15) is 28.4 Å². The maximum absolute atomic E-state index is 12.5. The standard InChI is InChI=1S/C55H70N2O4/c1-51(2,3)43-25-35-21-39-29-45(53(7,8)9)31-41-23-37-27-44(52(4,5)6)28-38(48(37)59)24-42-32-46(54(10,11)12)30-40(22-36(26-43)47(35)58)50(42)61-20-16-14-18-55(33-56,34-57)17-13-15-19-60-49(39)41/h25-32,58-59H,13-24H2,1-12H3. The topological polar surface area (TPSA) is 106 Å². The Kier molecular flexibility index (Phi) is 12.8. The molecule has 0 fully saturated rings. The van der Waals surface area contributed by atoms with Crippen molar-refractivity contribution in [2.75, 3.05) is 13.2 Å². The van der Waals surface area contributed by atoms with E-state index in [1.165, 1.54) is 0 Å². The molecule has 0 atom stereocenters. The van der Waals surface area contributed by atoms with Gasteiger partial charge in [0, 0.05) is 25.7 Å². The van der Waals surface area contributed by atoms with Crippen LogP contribution >= 0.6 is 0 Å². The summed E-state index contributed by atoms with van der Waals surface area (Å²) in [5, 5.41) is 45.6. The summed E-state index contributed by atoms with van der Waals surface area (Å²) in [6.07, 6.45) is 5.41. The van der Waals surface area contributed by atoms with E-state index in [0.29, 0.717) is 88.9 Å². The van der Waals surface area contributed by atoms with Crippen molar-refractivity contribution >= 4 is 0 Å². The number of ether oxygens (including phenoxy) is 2. The second-order valence-corrected chi connectivity index (χ2v) is 22.2. The van der Waals surface area contributed by atoms with Crippen molar-refractivity contribution < 1.29 is 19.7 Å². The molecule has 0 saturated heterocycles. The summed E-state index contributed by atoms with van der Waals surface area (Å²) in [6.45, 7) is 27.5. The first-order valence-corrected chi connectivity index (χ1v) is 22.5. The minimum Gasteiger partial charge on any atom is -0.507 e. The average molecular weight is 823 g/mol.